The molecular weight excluding hydrogens is 206 g/mol. The van der Waals surface area contributed by atoms with Crippen molar-refractivity contribution >= 4 is 0 Å². The quantitative estimate of drug-likeness (QED) is 0.722. The number of nitrogens with two attached hydrogens (primary N) is 1. The predicted molar refractivity (Wildman–Crippen MR) is 62.4 cm³/mol. The molecule has 0 fully saturated rings. The maximum absolute atomic E-state index is 11.7. The van der Waals surface area contributed by atoms with E-state index in [0.29, 0.717) is 11.4 Å². The Balaban J connectivity index is 3.15. The molecule has 0 saturated heterocycles. The highest BCUT2D eigenvalue weighted by Gasteiger charge is 2.16. The average molecular weight is 225 g/mol. The number of aromatic amines is 1. The number of aromatic hydroxyl groups is 1. The van der Waals surface area contributed by atoms with Gasteiger partial charge in [-0.3, -0.25) is 4.79 Å². The first-order chi connectivity index (χ1) is 7.47. The minimum absolute atomic E-state index is 0.0623. The SMILES string of the molecule is CCCC(N)c1nc(O)c(C(C)C)c(=O)[nH]1. The lowest BCUT2D eigenvalue weighted by molar-refractivity contribution is 0.430. The fourth-order valence-electron chi connectivity index (χ4n) is 1.63. The van der Waals surface area contributed by atoms with Crippen molar-refractivity contribution in [2.75, 3.05) is 0 Å². The Morgan fingerprint density at radius 1 is 1.50 bits per heavy atom. The van der Waals surface area contributed by atoms with Crippen molar-refractivity contribution in [3.63, 3.8) is 0 Å². The van der Waals surface area contributed by atoms with Crippen molar-refractivity contribution in [2.45, 2.75) is 45.6 Å². The molecule has 0 spiro atoms. The lowest BCUT2D eigenvalue weighted by atomic mass is 10.1. The van der Waals surface area contributed by atoms with E-state index in [2.05, 4.69) is 9.97 Å². The molecule has 1 atom stereocenters. The topological polar surface area (TPSA) is 92.0 Å². The summed E-state index contributed by atoms with van der Waals surface area (Å²) in [6.07, 6.45) is 1.63. The molecule has 1 unspecified atom stereocenters. The van der Waals surface area contributed by atoms with Gasteiger partial charge >= 0.3 is 0 Å². The van der Waals surface area contributed by atoms with Gasteiger partial charge in [-0.25, -0.2) is 0 Å². The van der Waals surface area contributed by atoms with Crippen LogP contribution in [0.1, 0.15) is 57.0 Å². The summed E-state index contributed by atoms with van der Waals surface area (Å²) < 4.78 is 0. The molecule has 0 amide bonds. The number of nitrogens with zero attached hydrogens (tertiary/aromatic N) is 1. The minimum Gasteiger partial charge on any atom is -0.493 e. The van der Waals surface area contributed by atoms with E-state index in [1.165, 1.54) is 0 Å². The van der Waals surface area contributed by atoms with Crippen LogP contribution in [0.3, 0.4) is 0 Å². The highest BCUT2D eigenvalue weighted by Crippen LogP contribution is 2.20. The molecule has 0 aliphatic heterocycles. The van der Waals surface area contributed by atoms with Gasteiger partial charge in [0, 0.05) is 0 Å². The van der Waals surface area contributed by atoms with Crippen LogP contribution < -0.4 is 11.3 Å². The molecule has 16 heavy (non-hydrogen) atoms. The smallest absolute Gasteiger partial charge is 0.258 e. The number of aromatic nitrogens is 2. The summed E-state index contributed by atoms with van der Waals surface area (Å²) >= 11 is 0. The maximum Gasteiger partial charge on any atom is 0.258 e. The van der Waals surface area contributed by atoms with E-state index >= 15 is 0 Å². The van der Waals surface area contributed by atoms with Crippen molar-refractivity contribution in [1.29, 1.82) is 0 Å². The molecule has 0 radical (unpaired) electrons. The van der Waals surface area contributed by atoms with Gasteiger partial charge in [0.05, 0.1) is 11.6 Å². The Hall–Kier alpha value is -1.36. The fraction of sp³-hybridized carbons (Fsp3) is 0.636. The largest absolute Gasteiger partial charge is 0.493 e. The molecule has 90 valence electrons. The van der Waals surface area contributed by atoms with Crippen LogP contribution in [0.5, 0.6) is 5.88 Å². The van der Waals surface area contributed by atoms with Crippen molar-refractivity contribution in [3.05, 3.63) is 21.7 Å². The van der Waals surface area contributed by atoms with E-state index in [4.69, 9.17) is 5.73 Å². The van der Waals surface area contributed by atoms with Gasteiger partial charge in [-0.15, -0.1) is 0 Å². The third-order valence-electron chi connectivity index (χ3n) is 2.48. The van der Waals surface area contributed by atoms with Crippen LogP contribution in [0.2, 0.25) is 0 Å². The molecule has 5 heteroatoms. The van der Waals surface area contributed by atoms with Crippen molar-refractivity contribution < 1.29 is 5.11 Å². The predicted octanol–water partition coefficient (Wildman–Crippen LogP) is 1.40. The van der Waals surface area contributed by atoms with E-state index in [0.717, 1.165) is 12.8 Å². The van der Waals surface area contributed by atoms with Gasteiger partial charge in [-0.05, 0) is 12.3 Å². The van der Waals surface area contributed by atoms with Gasteiger partial charge in [-0.1, -0.05) is 27.2 Å². The van der Waals surface area contributed by atoms with Crippen LogP contribution in [0.15, 0.2) is 4.79 Å². The van der Waals surface area contributed by atoms with Crippen molar-refractivity contribution in [2.24, 2.45) is 5.73 Å². The van der Waals surface area contributed by atoms with Crippen molar-refractivity contribution in [1.82, 2.24) is 9.97 Å². The molecule has 0 saturated carbocycles. The molecule has 1 aromatic heterocycles. The Morgan fingerprint density at radius 3 is 2.56 bits per heavy atom. The van der Waals surface area contributed by atoms with Gasteiger partial charge in [0.1, 0.15) is 5.82 Å². The third kappa shape index (κ3) is 2.61. The first-order valence-corrected chi connectivity index (χ1v) is 5.56. The minimum atomic E-state index is -0.329. The van der Waals surface area contributed by atoms with Crippen LogP contribution in [0.25, 0.3) is 0 Å². The zero-order valence-corrected chi connectivity index (χ0v) is 9.95. The monoisotopic (exact) mass is 225 g/mol. The molecule has 4 N–H and O–H groups in total. The summed E-state index contributed by atoms with van der Waals surface area (Å²) in [5, 5.41) is 9.67. The number of nitrogens with one attached hydrogen (secondary N) is 1. The molecule has 0 aliphatic carbocycles. The second kappa shape index (κ2) is 5.12. The van der Waals surface area contributed by atoms with Crippen LogP contribution in [0, 0.1) is 0 Å². The normalized spacial score (nSPS) is 13.1. The summed E-state index contributed by atoms with van der Waals surface area (Å²) in [4.78, 5) is 18.3. The molecule has 0 aromatic carbocycles. The Kier molecular flexibility index (Phi) is 4.06. The van der Waals surface area contributed by atoms with Crippen LogP contribution >= 0.6 is 0 Å². The Morgan fingerprint density at radius 2 is 2.12 bits per heavy atom. The molecule has 1 rings (SSSR count). The number of H-pyrrole nitrogens is 1. The summed E-state index contributed by atoms with van der Waals surface area (Å²) in [7, 11) is 0. The number of rotatable bonds is 4. The standard InChI is InChI=1S/C11H19N3O2/c1-4-5-7(12)9-13-10(15)8(6(2)3)11(16)14-9/h6-7H,4-5,12H2,1-3H3,(H2,13,14,15,16). The number of hydrogen-bond donors (Lipinski definition) is 3. The van der Waals surface area contributed by atoms with E-state index in [1.54, 1.807) is 0 Å². The highest BCUT2D eigenvalue weighted by atomic mass is 16.3. The van der Waals surface area contributed by atoms with Gasteiger partial charge in [0.2, 0.25) is 5.88 Å². The maximum atomic E-state index is 11.7. The van der Waals surface area contributed by atoms with Crippen LogP contribution in [-0.4, -0.2) is 15.1 Å². The van der Waals surface area contributed by atoms with Gasteiger partial charge < -0.3 is 15.8 Å². The first kappa shape index (κ1) is 12.7. The van der Waals surface area contributed by atoms with Crippen molar-refractivity contribution in [3.8, 4) is 5.88 Å². The zero-order chi connectivity index (χ0) is 12.3. The fourth-order valence-corrected chi connectivity index (χ4v) is 1.63. The lowest BCUT2D eigenvalue weighted by Crippen LogP contribution is -2.22. The Bertz CT molecular complexity index is 412. The summed E-state index contributed by atoms with van der Waals surface area (Å²) in [5.41, 5.74) is 5.84. The van der Waals surface area contributed by atoms with Crippen LogP contribution in [0.4, 0.5) is 0 Å². The molecular formula is C11H19N3O2. The first-order valence-electron chi connectivity index (χ1n) is 5.56. The molecule has 5 nitrogen and oxygen atoms in total. The van der Waals surface area contributed by atoms with Crippen LogP contribution in [-0.2, 0) is 0 Å². The summed E-state index contributed by atoms with van der Waals surface area (Å²) in [6.45, 7) is 5.66. The lowest BCUT2D eigenvalue weighted by Gasteiger charge is -2.12. The molecule has 0 aliphatic rings. The van der Waals surface area contributed by atoms with Gasteiger partial charge in [0.25, 0.3) is 5.56 Å². The Labute approximate surface area is 94.7 Å². The average Bonchev–Trinajstić information content (AvgIpc) is 2.16. The summed E-state index contributed by atoms with van der Waals surface area (Å²) in [6, 6.07) is -0.329. The molecule has 1 heterocycles. The molecule has 1 aromatic rings. The highest BCUT2D eigenvalue weighted by molar-refractivity contribution is 5.26. The molecule has 0 bridgehead atoms. The van der Waals surface area contributed by atoms with E-state index in [9.17, 15) is 9.90 Å². The van der Waals surface area contributed by atoms with Gasteiger partial charge in [0.15, 0.2) is 0 Å². The summed E-state index contributed by atoms with van der Waals surface area (Å²) in [5.74, 6) is 0.0850. The zero-order valence-electron chi connectivity index (χ0n) is 9.95. The van der Waals surface area contributed by atoms with E-state index in [1.807, 2.05) is 20.8 Å². The van der Waals surface area contributed by atoms with Gasteiger partial charge in [-0.2, -0.15) is 4.98 Å². The van der Waals surface area contributed by atoms with E-state index < -0.39 is 0 Å². The second-order valence-corrected chi connectivity index (χ2v) is 4.24. The van der Waals surface area contributed by atoms with E-state index in [-0.39, 0.29) is 23.4 Å². The second-order valence-electron chi connectivity index (χ2n) is 4.24. The third-order valence-corrected chi connectivity index (χ3v) is 2.48. The number of hydrogen-bond acceptors (Lipinski definition) is 4.